The van der Waals surface area contributed by atoms with E-state index in [2.05, 4.69) is 26.9 Å². The van der Waals surface area contributed by atoms with Crippen LogP contribution in [0.1, 0.15) is 65.2 Å². The smallest absolute Gasteiger partial charge is 0.0530 e. The molecule has 0 saturated heterocycles. The molecule has 0 spiro atoms. The van der Waals surface area contributed by atoms with Crippen molar-refractivity contribution in [2.75, 3.05) is 0 Å². The van der Waals surface area contributed by atoms with Crippen LogP contribution in [-0.2, 0) is 0 Å². The molecule has 0 radical (unpaired) electrons. The molecule has 0 amide bonds. The van der Waals surface area contributed by atoms with Gasteiger partial charge in [0.25, 0.3) is 0 Å². The topological polar surface area (TPSA) is 0 Å². The van der Waals surface area contributed by atoms with Crippen LogP contribution >= 0.6 is 0 Å². The van der Waals surface area contributed by atoms with Crippen LogP contribution in [0, 0.1) is 0 Å². The fourth-order valence-corrected chi connectivity index (χ4v) is 5.69. The van der Waals surface area contributed by atoms with Gasteiger partial charge in [0, 0.05) is 0 Å². The summed E-state index contributed by atoms with van der Waals surface area (Å²) in [4.78, 5) is 0. The van der Waals surface area contributed by atoms with Gasteiger partial charge in [-0.15, -0.1) is 0 Å². The summed E-state index contributed by atoms with van der Waals surface area (Å²) in [7, 11) is -0.957. The Hall–Kier alpha value is 0.217. The van der Waals surface area contributed by atoms with Gasteiger partial charge in [-0.25, -0.2) is 0 Å². The molecule has 0 atom stereocenters. The van der Waals surface area contributed by atoms with Crippen LogP contribution in [0.15, 0.2) is 0 Å². The molecule has 1 rings (SSSR count). The van der Waals surface area contributed by atoms with Crippen molar-refractivity contribution in [1.82, 2.24) is 0 Å². The molecule has 0 unspecified atom stereocenters. The molecule has 1 aliphatic carbocycles. The third-order valence-electron chi connectivity index (χ3n) is 4.90. The molecule has 0 heterocycles. The van der Waals surface area contributed by atoms with Crippen LogP contribution in [0.5, 0.6) is 0 Å². The fourth-order valence-electron chi connectivity index (χ4n) is 2.85. The van der Waals surface area contributed by atoms with E-state index in [1.807, 2.05) is 0 Å². The van der Waals surface area contributed by atoms with E-state index in [9.17, 15) is 0 Å². The Morgan fingerprint density at radius 2 is 1.20 bits per heavy atom. The van der Waals surface area contributed by atoms with Crippen LogP contribution in [0.3, 0.4) is 0 Å². The average molecular weight is 226 g/mol. The van der Waals surface area contributed by atoms with Gasteiger partial charge in [-0.3, -0.25) is 0 Å². The van der Waals surface area contributed by atoms with Crippen molar-refractivity contribution in [2.45, 2.75) is 89.4 Å². The minimum atomic E-state index is -0.957. The second-order valence-corrected chi connectivity index (χ2v) is 12.0. The lowest BCUT2D eigenvalue weighted by Crippen LogP contribution is -2.36. The van der Waals surface area contributed by atoms with E-state index in [4.69, 9.17) is 0 Å². The maximum absolute atomic E-state index is 2.63. The fraction of sp³-hybridized carbons (Fsp3) is 1.00. The Morgan fingerprint density at radius 1 is 0.800 bits per heavy atom. The molecular formula is C14H30Si. The minimum Gasteiger partial charge on any atom is -0.0690 e. The normalized spacial score (nSPS) is 22.2. The van der Waals surface area contributed by atoms with Crippen LogP contribution in [0.25, 0.3) is 0 Å². The molecule has 1 aliphatic rings. The first-order chi connectivity index (χ1) is 7.05. The summed E-state index contributed by atoms with van der Waals surface area (Å²) in [5.41, 5.74) is 2.07. The molecule has 0 nitrogen and oxygen atoms in total. The zero-order chi connectivity index (χ0) is 11.3. The average Bonchev–Trinajstić information content (AvgIpc) is 2.30. The Bertz CT molecular complexity index is 162. The van der Waals surface area contributed by atoms with E-state index in [0.717, 1.165) is 11.1 Å². The number of hydrogen-bond donors (Lipinski definition) is 0. The highest BCUT2D eigenvalue weighted by molar-refractivity contribution is 6.80. The molecule has 0 aromatic rings. The van der Waals surface area contributed by atoms with Crippen molar-refractivity contribution in [3.63, 3.8) is 0 Å². The predicted octanol–water partition coefficient (Wildman–Crippen LogP) is 5.61. The second-order valence-electron chi connectivity index (χ2n) is 6.37. The zero-order valence-electron chi connectivity index (χ0n) is 11.3. The molecular weight excluding hydrogens is 196 g/mol. The van der Waals surface area contributed by atoms with Crippen molar-refractivity contribution in [1.29, 1.82) is 0 Å². The highest BCUT2D eigenvalue weighted by atomic mass is 28.3. The molecule has 1 heteroatoms. The quantitative estimate of drug-likeness (QED) is 0.537. The maximum Gasteiger partial charge on any atom is 0.0530 e. The molecule has 1 fully saturated rings. The van der Waals surface area contributed by atoms with Crippen molar-refractivity contribution in [2.24, 2.45) is 0 Å². The number of rotatable bonds is 2. The van der Waals surface area contributed by atoms with E-state index in [1.54, 1.807) is 0 Å². The third kappa shape index (κ3) is 3.94. The lowest BCUT2D eigenvalue weighted by atomic mass is 10.1. The van der Waals surface area contributed by atoms with Crippen LogP contribution < -0.4 is 0 Å². The lowest BCUT2D eigenvalue weighted by molar-refractivity contribution is 0.597. The summed E-state index contributed by atoms with van der Waals surface area (Å²) in [6, 6.07) is 0. The first-order valence-corrected chi connectivity index (χ1v) is 10.2. The van der Waals surface area contributed by atoms with Gasteiger partial charge >= 0.3 is 0 Å². The van der Waals surface area contributed by atoms with E-state index in [1.165, 1.54) is 51.4 Å². The van der Waals surface area contributed by atoms with E-state index >= 15 is 0 Å². The van der Waals surface area contributed by atoms with Crippen molar-refractivity contribution in [3.05, 3.63) is 0 Å². The number of hydrogen-bond acceptors (Lipinski definition) is 0. The van der Waals surface area contributed by atoms with Gasteiger partial charge in [-0.05, 0) is 5.54 Å². The van der Waals surface area contributed by atoms with Crippen molar-refractivity contribution in [3.8, 4) is 0 Å². The van der Waals surface area contributed by atoms with Gasteiger partial charge in [0.1, 0.15) is 0 Å². The maximum atomic E-state index is 2.63. The molecule has 90 valence electrons. The molecule has 0 aromatic carbocycles. The van der Waals surface area contributed by atoms with Gasteiger partial charge in [0.05, 0.1) is 8.07 Å². The molecule has 1 saturated carbocycles. The van der Waals surface area contributed by atoms with Crippen molar-refractivity contribution >= 4 is 8.07 Å². The largest absolute Gasteiger partial charge is 0.0690 e. The van der Waals surface area contributed by atoms with Crippen LogP contribution in [0.4, 0.5) is 0 Å². The van der Waals surface area contributed by atoms with Crippen LogP contribution in [-0.4, -0.2) is 8.07 Å². The summed E-state index contributed by atoms with van der Waals surface area (Å²) in [5, 5.41) is 0. The summed E-state index contributed by atoms with van der Waals surface area (Å²) < 4.78 is 0. The Balaban J connectivity index is 2.55. The van der Waals surface area contributed by atoms with Crippen LogP contribution in [0.2, 0.25) is 24.2 Å². The third-order valence-corrected chi connectivity index (χ3v) is 10.6. The lowest BCUT2D eigenvalue weighted by Gasteiger charge is -2.36. The van der Waals surface area contributed by atoms with E-state index in [-0.39, 0.29) is 0 Å². The van der Waals surface area contributed by atoms with Gasteiger partial charge in [0.15, 0.2) is 0 Å². The monoisotopic (exact) mass is 226 g/mol. The van der Waals surface area contributed by atoms with E-state index in [0.29, 0.717) is 0 Å². The highest BCUT2D eigenvalue weighted by Crippen LogP contribution is 2.40. The molecule has 15 heavy (non-hydrogen) atoms. The summed E-state index contributed by atoms with van der Waals surface area (Å²) >= 11 is 0. The summed E-state index contributed by atoms with van der Waals surface area (Å²) in [6.07, 6.45) is 12.1. The highest BCUT2D eigenvalue weighted by Gasteiger charge is 2.33. The molecule has 0 aromatic heterocycles. The van der Waals surface area contributed by atoms with Gasteiger partial charge in [0.2, 0.25) is 0 Å². The van der Waals surface area contributed by atoms with Gasteiger partial charge in [-0.1, -0.05) is 83.8 Å². The second kappa shape index (κ2) is 6.08. The SMILES string of the molecule is CC(C)[Si](C)(C)C1CCCCCCCC1. The molecule has 0 N–H and O–H groups in total. The first-order valence-electron chi connectivity index (χ1n) is 7.05. The Kier molecular flexibility index (Phi) is 5.38. The van der Waals surface area contributed by atoms with E-state index < -0.39 is 8.07 Å². The summed E-state index contributed by atoms with van der Waals surface area (Å²) in [6.45, 7) is 10.2. The minimum absolute atomic E-state index is 0.957. The first kappa shape index (κ1) is 13.3. The Morgan fingerprint density at radius 3 is 1.60 bits per heavy atom. The van der Waals surface area contributed by atoms with Gasteiger partial charge < -0.3 is 0 Å². The summed E-state index contributed by atoms with van der Waals surface area (Å²) in [5.74, 6) is 0. The molecule has 0 bridgehead atoms. The Labute approximate surface area is 97.9 Å². The molecule has 0 aliphatic heterocycles. The zero-order valence-corrected chi connectivity index (χ0v) is 12.3. The standard InChI is InChI=1S/C14H30Si/c1-13(2)15(3,4)14-11-9-7-5-6-8-10-12-14/h13-14H,5-12H2,1-4H3. The predicted molar refractivity (Wildman–Crippen MR) is 73.3 cm³/mol. The van der Waals surface area contributed by atoms with Crippen molar-refractivity contribution < 1.29 is 0 Å². The van der Waals surface area contributed by atoms with Gasteiger partial charge in [-0.2, -0.15) is 0 Å².